The third-order valence-corrected chi connectivity index (χ3v) is 9.24. The highest BCUT2D eigenvalue weighted by molar-refractivity contribution is 5.90. The highest BCUT2D eigenvalue weighted by atomic mass is 16.8. The van der Waals surface area contributed by atoms with Crippen molar-refractivity contribution in [2.45, 2.75) is 30.8 Å². The minimum absolute atomic E-state index is 0.00639. The zero-order valence-electron chi connectivity index (χ0n) is 28.1. The van der Waals surface area contributed by atoms with Crippen LogP contribution in [0.5, 0.6) is 5.75 Å². The van der Waals surface area contributed by atoms with Crippen molar-refractivity contribution >= 4 is 23.1 Å². The first-order valence-electron chi connectivity index (χ1n) is 17.2. The molecule has 5 aromatic carbocycles. The molecule has 1 aliphatic heterocycles. The molecule has 7 rings (SSSR count). The van der Waals surface area contributed by atoms with Gasteiger partial charge in [0.1, 0.15) is 17.5 Å². The summed E-state index contributed by atoms with van der Waals surface area (Å²) < 4.78 is 11.9. The Hall–Kier alpha value is -5.74. The standard InChI is InChI=1S/C42H40N4O5/c47-36-24-20-32(21-25-36)29-49-41(48)39(28-31-22-26-37(27-23-31)50-30-51-46-40-19-11-10-18-38(40)44-45-46)43-42(33-12-4-1-5-13-33,34-14-6-2-7-15-34)35-16-8-3-9-17-35/h1-20,22-24,26-27,32,39,43-45H,21,25,28-30H2. The maximum Gasteiger partial charge on any atom is 0.323 e. The number of fused-ring (bicyclic) bond motifs is 1. The third-order valence-electron chi connectivity index (χ3n) is 9.24. The molecule has 51 heavy (non-hydrogen) atoms. The number of ether oxygens (including phenoxy) is 2. The first-order valence-corrected chi connectivity index (χ1v) is 17.2. The minimum atomic E-state index is -0.887. The predicted octanol–water partition coefficient (Wildman–Crippen LogP) is 6.88. The van der Waals surface area contributed by atoms with Gasteiger partial charge in [0.05, 0.1) is 17.8 Å². The number of rotatable bonds is 14. The molecule has 2 atom stereocenters. The van der Waals surface area contributed by atoms with Gasteiger partial charge in [0, 0.05) is 12.3 Å². The Kier molecular flexibility index (Phi) is 10.5. The number of hydrazine groups is 2. The molecule has 0 bridgehead atoms. The van der Waals surface area contributed by atoms with E-state index < -0.39 is 11.6 Å². The Morgan fingerprint density at radius 2 is 1.41 bits per heavy atom. The molecule has 2 aliphatic rings. The smallest absolute Gasteiger partial charge is 0.323 e. The van der Waals surface area contributed by atoms with Crippen molar-refractivity contribution in [2.24, 2.45) is 5.92 Å². The fourth-order valence-corrected chi connectivity index (χ4v) is 6.58. The van der Waals surface area contributed by atoms with Crippen LogP contribution in [0.2, 0.25) is 0 Å². The van der Waals surface area contributed by atoms with Gasteiger partial charge >= 0.3 is 5.97 Å². The van der Waals surface area contributed by atoms with Crippen LogP contribution in [-0.4, -0.2) is 31.2 Å². The van der Waals surface area contributed by atoms with Gasteiger partial charge in [0.15, 0.2) is 5.78 Å². The normalized spacial score (nSPS) is 15.9. The van der Waals surface area contributed by atoms with Gasteiger partial charge < -0.3 is 9.47 Å². The number of benzene rings is 5. The van der Waals surface area contributed by atoms with Gasteiger partial charge in [-0.25, -0.2) is 4.84 Å². The van der Waals surface area contributed by atoms with Crippen molar-refractivity contribution in [3.63, 3.8) is 0 Å². The molecule has 0 saturated carbocycles. The molecule has 0 spiro atoms. The lowest BCUT2D eigenvalue weighted by Gasteiger charge is -2.39. The summed E-state index contributed by atoms with van der Waals surface area (Å²) in [7, 11) is 0. The van der Waals surface area contributed by atoms with E-state index in [1.807, 2.05) is 109 Å². The Bertz CT molecular complexity index is 1840. The van der Waals surface area contributed by atoms with Crippen LogP contribution < -0.4 is 26.2 Å². The average Bonchev–Trinajstić information content (AvgIpc) is 3.60. The molecule has 0 saturated heterocycles. The van der Waals surface area contributed by atoms with E-state index >= 15 is 0 Å². The lowest BCUT2D eigenvalue weighted by Crippen LogP contribution is -2.54. The van der Waals surface area contributed by atoms with Crippen LogP contribution in [0, 0.1) is 5.92 Å². The lowest BCUT2D eigenvalue weighted by atomic mass is 9.76. The van der Waals surface area contributed by atoms with Gasteiger partial charge in [0.2, 0.25) is 6.79 Å². The van der Waals surface area contributed by atoms with E-state index in [1.54, 1.807) is 6.08 Å². The van der Waals surface area contributed by atoms with Crippen molar-refractivity contribution in [3.8, 4) is 5.75 Å². The Morgan fingerprint density at radius 1 is 0.804 bits per heavy atom. The summed E-state index contributed by atoms with van der Waals surface area (Å²) in [6, 6.07) is 45.2. The van der Waals surface area contributed by atoms with Crippen LogP contribution in [0.3, 0.4) is 0 Å². The number of para-hydroxylation sites is 2. The first-order chi connectivity index (χ1) is 25.1. The number of nitrogens with zero attached hydrogens (tertiary/aromatic N) is 1. The quantitative estimate of drug-likeness (QED) is 0.0659. The Morgan fingerprint density at radius 3 is 2.02 bits per heavy atom. The second kappa shape index (κ2) is 15.9. The number of esters is 1. The topological polar surface area (TPSA) is 101 Å². The summed E-state index contributed by atoms with van der Waals surface area (Å²) in [5.74, 6) is 0.350. The Labute approximate surface area is 297 Å². The van der Waals surface area contributed by atoms with Gasteiger partial charge in [0.25, 0.3) is 0 Å². The van der Waals surface area contributed by atoms with Crippen LogP contribution in [0.4, 0.5) is 11.4 Å². The second-order valence-corrected chi connectivity index (χ2v) is 12.6. The maximum absolute atomic E-state index is 14.2. The summed E-state index contributed by atoms with van der Waals surface area (Å²) in [5, 5.41) is 5.35. The molecule has 2 unspecified atom stereocenters. The average molecular weight is 681 g/mol. The molecular formula is C42H40N4O5. The summed E-state index contributed by atoms with van der Waals surface area (Å²) in [6.45, 7) is 0.183. The number of hydrogen-bond acceptors (Lipinski definition) is 9. The van der Waals surface area contributed by atoms with Crippen molar-refractivity contribution in [2.75, 3.05) is 24.0 Å². The summed E-state index contributed by atoms with van der Waals surface area (Å²) in [4.78, 5) is 31.8. The van der Waals surface area contributed by atoms with Crippen LogP contribution in [0.1, 0.15) is 35.1 Å². The summed E-state index contributed by atoms with van der Waals surface area (Å²) in [5.41, 5.74) is 10.8. The number of ketones is 1. The first kappa shape index (κ1) is 33.7. The van der Waals surface area contributed by atoms with Crippen molar-refractivity contribution in [1.29, 1.82) is 0 Å². The van der Waals surface area contributed by atoms with Crippen molar-refractivity contribution in [1.82, 2.24) is 10.9 Å². The minimum Gasteiger partial charge on any atom is -0.465 e. The molecule has 5 aromatic rings. The number of carbonyl (C=O) groups excluding carboxylic acids is 2. The summed E-state index contributed by atoms with van der Waals surface area (Å²) in [6.07, 6.45) is 4.90. The van der Waals surface area contributed by atoms with Crippen LogP contribution >= 0.6 is 0 Å². The van der Waals surface area contributed by atoms with E-state index in [9.17, 15) is 9.59 Å². The monoisotopic (exact) mass is 680 g/mol. The highest BCUT2D eigenvalue weighted by Gasteiger charge is 2.40. The van der Waals surface area contributed by atoms with E-state index in [0.29, 0.717) is 25.0 Å². The number of carbonyl (C=O) groups is 2. The third kappa shape index (κ3) is 7.86. The predicted molar refractivity (Wildman–Crippen MR) is 196 cm³/mol. The van der Waals surface area contributed by atoms with Crippen LogP contribution in [0.25, 0.3) is 0 Å². The zero-order chi connectivity index (χ0) is 34.9. The van der Waals surface area contributed by atoms with Crippen LogP contribution in [-0.2, 0) is 31.1 Å². The fourth-order valence-electron chi connectivity index (χ4n) is 6.58. The zero-order valence-corrected chi connectivity index (χ0v) is 28.1. The number of nitrogens with one attached hydrogen (secondary N) is 3. The van der Waals surface area contributed by atoms with Crippen molar-refractivity contribution in [3.05, 3.63) is 174 Å². The molecule has 1 aliphatic carbocycles. The molecule has 9 heteroatoms. The largest absolute Gasteiger partial charge is 0.465 e. The molecule has 0 aromatic heterocycles. The van der Waals surface area contributed by atoms with E-state index in [2.05, 4.69) is 52.7 Å². The van der Waals surface area contributed by atoms with Crippen LogP contribution in [0.15, 0.2) is 152 Å². The molecule has 258 valence electrons. The second-order valence-electron chi connectivity index (χ2n) is 12.6. The fraction of sp³-hybridized carbons (Fsp3) is 0.190. The van der Waals surface area contributed by atoms with E-state index in [0.717, 1.165) is 33.6 Å². The molecular weight excluding hydrogens is 640 g/mol. The molecule has 3 N–H and O–H groups in total. The van der Waals surface area contributed by atoms with Gasteiger partial charge in [-0.1, -0.05) is 121 Å². The van der Waals surface area contributed by atoms with E-state index in [4.69, 9.17) is 14.3 Å². The summed E-state index contributed by atoms with van der Waals surface area (Å²) >= 11 is 0. The Balaban J connectivity index is 1.15. The van der Waals surface area contributed by atoms with Gasteiger partial charge in [-0.3, -0.25) is 20.3 Å². The SMILES string of the molecule is O=C1C=CC(COC(=O)C(Cc2ccc(OCON3NNc4ccccc43)cc2)NC(c2ccccc2)(c2ccccc2)c2ccccc2)CC1. The highest BCUT2D eigenvalue weighted by Crippen LogP contribution is 2.38. The van der Waals surface area contributed by atoms with E-state index in [-0.39, 0.29) is 31.1 Å². The maximum atomic E-state index is 14.2. The van der Waals surface area contributed by atoms with Gasteiger partial charge in [-0.15, -0.1) is 5.53 Å². The van der Waals surface area contributed by atoms with Gasteiger partial charge in [-0.05, 0) is 65.4 Å². The number of anilines is 2. The molecule has 0 amide bonds. The number of hydrogen-bond donors (Lipinski definition) is 3. The molecule has 1 heterocycles. The molecule has 0 fully saturated rings. The molecule has 9 nitrogen and oxygen atoms in total. The lowest BCUT2D eigenvalue weighted by molar-refractivity contribution is -0.147. The molecule has 0 radical (unpaired) electrons. The van der Waals surface area contributed by atoms with Gasteiger partial charge in [-0.2, -0.15) is 5.17 Å². The van der Waals surface area contributed by atoms with Crippen molar-refractivity contribution < 1.29 is 23.9 Å². The van der Waals surface area contributed by atoms with E-state index in [1.165, 1.54) is 5.17 Å². The number of allylic oxidation sites excluding steroid dienone is 1.